The van der Waals surface area contributed by atoms with Crippen LogP contribution in [0.15, 0.2) is 12.1 Å². The van der Waals surface area contributed by atoms with Gasteiger partial charge < -0.3 is 10.6 Å². The van der Waals surface area contributed by atoms with E-state index in [-0.39, 0.29) is 5.91 Å². The van der Waals surface area contributed by atoms with Crippen molar-refractivity contribution in [2.24, 2.45) is 5.73 Å². The third kappa shape index (κ3) is 3.97. The van der Waals surface area contributed by atoms with Crippen LogP contribution in [0.5, 0.6) is 0 Å². The average Bonchev–Trinajstić information content (AvgIpc) is 2.91. The molecular weight excluding hydrogens is 306 g/mol. The van der Waals surface area contributed by atoms with Crippen molar-refractivity contribution < 1.29 is 4.79 Å². The lowest BCUT2D eigenvalue weighted by molar-refractivity contribution is -0.139. The molecule has 6 heteroatoms. The van der Waals surface area contributed by atoms with E-state index in [9.17, 15) is 4.79 Å². The normalized spacial score (nSPS) is 17.2. The summed E-state index contributed by atoms with van der Waals surface area (Å²) in [5.41, 5.74) is 5.52. The van der Waals surface area contributed by atoms with Crippen LogP contribution >= 0.6 is 22.9 Å². The molecule has 1 aliphatic rings. The Morgan fingerprint density at radius 2 is 1.90 bits per heavy atom. The van der Waals surface area contributed by atoms with Gasteiger partial charge in [-0.1, -0.05) is 25.4 Å². The number of nitrogens with zero attached hydrogens (tertiary/aromatic N) is 2. The number of nitrogens with two attached hydrogens (primary N) is 1. The summed E-state index contributed by atoms with van der Waals surface area (Å²) < 4.78 is 0.831. The second-order valence-electron chi connectivity index (χ2n) is 5.64. The van der Waals surface area contributed by atoms with Gasteiger partial charge in [-0.25, -0.2) is 0 Å². The van der Waals surface area contributed by atoms with E-state index in [0.29, 0.717) is 12.8 Å². The van der Waals surface area contributed by atoms with Crippen LogP contribution in [0.4, 0.5) is 0 Å². The summed E-state index contributed by atoms with van der Waals surface area (Å²) in [6, 6.07) is 4.01. The molecule has 4 nitrogen and oxygen atoms in total. The third-order valence-electron chi connectivity index (χ3n) is 4.36. The zero-order valence-corrected chi connectivity index (χ0v) is 14.3. The monoisotopic (exact) mass is 329 g/mol. The molecule has 0 aromatic carbocycles. The zero-order valence-electron chi connectivity index (χ0n) is 12.8. The van der Waals surface area contributed by atoms with Crippen LogP contribution < -0.4 is 5.73 Å². The van der Waals surface area contributed by atoms with E-state index in [2.05, 4.69) is 11.0 Å². The average molecular weight is 330 g/mol. The lowest BCUT2D eigenvalue weighted by Crippen LogP contribution is -2.59. The predicted molar refractivity (Wildman–Crippen MR) is 88.7 cm³/mol. The van der Waals surface area contributed by atoms with E-state index in [1.807, 2.05) is 24.8 Å². The summed E-state index contributed by atoms with van der Waals surface area (Å²) in [7, 11) is 0. The van der Waals surface area contributed by atoms with E-state index < -0.39 is 5.54 Å². The Morgan fingerprint density at radius 3 is 2.38 bits per heavy atom. The summed E-state index contributed by atoms with van der Waals surface area (Å²) in [6.07, 6.45) is 1.38. The van der Waals surface area contributed by atoms with Gasteiger partial charge in [-0.2, -0.15) is 0 Å². The summed E-state index contributed by atoms with van der Waals surface area (Å²) in [5, 5.41) is 0. The number of carbonyl (C=O) groups excluding carboxylic acids is 1. The maximum atomic E-state index is 12.5. The lowest BCUT2D eigenvalue weighted by atomic mass is 9.92. The smallest absolute Gasteiger partial charge is 0.242 e. The number of carbonyl (C=O) groups is 1. The van der Waals surface area contributed by atoms with Crippen LogP contribution in [0.25, 0.3) is 0 Å². The van der Waals surface area contributed by atoms with Crippen molar-refractivity contribution in [2.45, 2.75) is 38.8 Å². The van der Waals surface area contributed by atoms with Gasteiger partial charge in [-0.15, -0.1) is 11.3 Å². The fraction of sp³-hybridized carbons (Fsp3) is 0.667. The number of halogens is 1. The van der Waals surface area contributed by atoms with Crippen LogP contribution in [0.2, 0.25) is 4.34 Å². The first kappa shape index (κ1) is 16.7. The molecule has 1 aromatic rings. The molecular formula is C15H24ClN3OS. The molecule has 0 saturated carbocycles. The Balaban J connectivity index is 1.87. The lowest BCUT2D eigenvalue weighted by Gasteiger charge is -2.39. The van der Waals surface area contributed by atoms with E-state index in [4.69, 9.17) is 17.3 Å². The summed E-state index contributed by atoms with van der Waals surface area (Å²) in [4.78, 5) is 18.1. The van der Waals surface area contributed by atoms with E-state index in [1.165, 1.54) is 4.88 Å². The molecule has 1 fully saturated rings. The molecule has 0 radical (unpaired) electrons. The molecule has 1 amide bonds. The van der Waals surface area contributed by atoms with E-state index in [0.717, 1.165) is 37.1 Å². The quantitative estimate of drug-likeness (QED) is 0.903. The summed E-state index contributed by atoms with van der Waals surface area (Å²) in [5.74, 6) is 0.103. The minimum Gasteiger partial charge on any atom is -0.339 e. The van der Waals surface area contributed by atoms with Crippen molar-refractivity contribution in [2.75, 3.05) is 26.2 Å². The largest absolute Gasteiger partial charge is 0.339 e. The van der Waals surface area contributed by atoms with Gasteiger partial charge in [0.2, 0.25) is 5.91 Å². The van der Waals surface area contributed by atoms with Gasteiger partial charge in [0.1, 0.15) is 0 Å². The first-order valence-electron chi connectivity index (χ1n) is 7.53. The molecule has 1 saturated heterocycles. The Labute approximate surface area is 135 Å². The molecule has 0 unspecified atom stereocenters. The fourth-order valence-corrected chi connectivity index (χ4v) is 3.76. The Morgan fingerprint density at radius 1 is 1.29 bits per heavy atom. The SMILES string of the molecule is CCC(N)(CC)C(=O)N1CCN(Cc2ccc(Cl)s2)CC1. The van der Waals surface area contributed by atoms with Crippen molar-refractivity contribution in [3.63, 3.8) is 0 Å². The topological polar surface area (TPSA) is 49.6 Å². The number of hydrogen-bond acceptors (Lipinski definition) is 4. The molecule has 0 atom stereocenters. The van der Waals surface area contributed by atoms with Crippen molar-refractivity contribution >= 4 is 28.8 Å². The van der Waals surface area contributed by atoms with Gasteiger partial charge in [0.15, 0.2) is 0 Å². The number of rotatable bonds is 5. The molecule has 2 heterocycles. The van der Waals surface area contributed by atoms with Gasteiger partial charge in [0, 0.05) is 37.6 Å². The number of hydrogen-bond donors (Lipinski definition) is 1. The van der Waals surface area contributed by atoms with E-state index >= 15 is 0 Å². The summed E-state index contributed by atoms with van der Waals surface area (Å²) in [6.45, 7) is 8.19. The highest BCUT2D eigenvalue weighted by molar-refractivity contribution is 7.16. The summed E-state index contributed by atoms with van der Waals surface area (Å²) >= 11 is 7.58. The second-order valence-corrected chi connectivity index (χ2v) is 7.44. The molecule has 0 spiro atoms. The number of piperazine rings is 1. The van der Waals surface area contributed by atoms with Gasteiger partial charge in [-0.3, -0.25) is 9.69 Å². The minimum absolute atomic E-state index is 0.103. The molecule has 0 bridgehead atoms. The Bertz CT molecular complexity index is 479. The highest BCUT2D eigenvalue weighted by Crippen LogP contribution is 2.23. The van der Waals surface area contributed by atoms with Gasteiger partial charge in [0.25, 0.3) is 0 Å². The van der Waals surface area contributed by atoms with Crippen molar-refractivity contribution in [1.29, 1.82) is 0 Å². The van der Waals surface area contributed by atoms with Gasteiger partial charge in [-0.05, 0) is 25.0 Å². The first-order valence-corrected chi connectivity index (χ1v) is 8.72. The van der Waals surface area contributed by atoms with Crippen LogP contribution in [0.1, 0.15) is 31.6 Å². The third-order valence-corrected chi connectivity index (χ3v) is 5.57. The molecule has 1 aromatic heterocycles. The second kappa shape index (κ2) is 7.09. The number of amides is 1. The van der Waals surface area contributed by atoms with Crippen molar-refractivity contribution in [3.05, 3.63) is 21.3 Å². The first-order chi connectivity index (χ1) is 9.98. The van der Waals surface area contributed by atoms with Gasteiger partial charge >= 0.3 is 0 Å². The molecule has 1 aliphatic heterocycles. The fourth-order valence-electron chi connectivity index (χ4n) is 2.63. The maximum Gasteiger partial charge on any atom is 0.242 e. The standard InChI is InChI=1S/C15H24ClN3OS/c1-3-15(17,4-2)14(20)19-9-7-18(8-10-19)11-12-5-6-13(16)21-12/h5-6H,3-4,7-11,17H2,1-2H3. The van der Waals surface area contributed by atoms with Crippen LogP contribution in [-0.2, 0) is 11.3 Å². The Hall–Kier alpha value is -0.620. The molecule has 2 N–H and O–H groups in total. The number of thiophene rings is 1. The molecule has 118 valence electrons. The zero-order chi connectivity index (χ0) is 15.5. The van der Waals surface area contributed by atoms with E-state index in [1.54, 1.807) is 11.3 Å². The predicted octanol–water partition coefficient (Wildman–Crippen LogP) is 2.56. The molecule has 0 aliphatic carbocycles. The minimum atomic E-state index is -0.691. The Kier molecular flexibility index (Phi) is 5.66. The maximum absolute atomic E-state index is 12.5. The van der Waals surface area contributed by atoms with Crippen molar-refractivity contribution in [3.8, 4) is 0 Å². The highest BCUT2D eigenvalue weighted by atomic mass is 35.5. The molecule has 21 heavy (non-hydrogen) atoms. The van der Waals surface area contributed by atoms with Crippen LogP contribution in [0, 0.1) is 0 Å². The van der Waals surface area contributed by atoms with Crippen LogP contribution in [-0.4, -0.2) is 47.4 Å². The highest BCUT2D eigenvalue weighted by Gasteiger charge is 2.35. The van der Waals surface area contributed by atoms with Crippen molar-refractivity contribution in [1.82, 2.24) is 9.80 Å². The molecule has 2 rings (SSSR count). The van der Waals surface area contributed by atoms with Crippen LogP contribution in [0.3, 0.4) is 0 Å². The van der Waals surface area contributed by atoms with Gasteiger partial charge in [0.05, 0.1) is 9.88 Å².